The van der Waals surface area contributed by atoms with E-state index >= 15 is 0 Å². The molecule has 0 bridgehead atoms. The van der Waals surface area contributed by atoms with Crippen molar-refractivity contribution in [1.82, 2.24) is 15.1 Å². The summed E-state index contributed by atoms with van der Waals surface area (Å²) in [4.78, 5) is 17.2. The van der Waals surface area contributed by atoms with Crippen LogP contribution in [0.1, 0.15) is 32.6 Å². The summed E-state index contributed by atoms with van der Waals surface area (Å²) in [5.74, 6) is 0.612. The van der Waals surface area contributed by atoms with Gasteiger partial charge in [0.05, 0.1) is 5.92 Å². The number of carbonyl (C=O) groups excluding carboxylic acids is 1. The highest BCUT2D eigenvalue weighted by atomic mass is 16.2. The van der Waals surface area contributed by atoms with Crippen LogP contribution >= 0.6 is 0 Å². The Morgan fingerprint density at radius 3 is 2.83 bits per heavy atom. The summed E-state index contributed by atoms with van der Waals surface area (Å²) in [6, 6.07) is 0.409. The van der Waals surface area contributed by atoms with Crippen molar-refractivity contribution >= 4 is 5.91 Å². The van der Waals surface area contributed by atoms with Gasteiger partial charge in [0.1, 0.15) is 0 Å². The van der Waals surface area contributed by atoms with Crippen LogP contribution in [0, 0.1) is 5.92 Å². The largest absolute Gasteiger partial charge is 0.338 e. The highest BCUT2D eigenvalue weighted by Crippen LogP contribution is 2.19. The predicted molar refractivity (Wildman–Crippen MR) is 73.5 cm³/mol. The average Bonchev–Trinajstić information content (AvgIpc) is 2.60. The molecule has 2 saturated heterocycles. The van der Waals surface area contributed by atoms with Gasteiger partial charge in [0.25, 0.3) is 0 Å². The number of nitrogens with one attached hydrogen (secondary N) is 1. The molecule has 1 unspecified atom stereocenters. The lowest BCUT2D eigenvalue weighted by atomic mass is 9.97. The van der Waals surface area contributed by atoms with E-state index in [-0.39, 0.29) is 5.92 Å². The van der Waals surface area contributed by atoms with Crippen molar-refractivity contribution in [3.8, 4) is 0 Å². The normalized spacial score (nSPS) is 31.1. The van der Waals surface area contributed by atoms with E-state index in [4.69, 9.17) is 0 Å². The molecule has 0 aromatic heterocycles. The molecule has 0 aromatic carbocycles. The van der Waals surface area contributed by atoms with Gasteiger partial charge >= 0.3 is 0 Å². The summed E-state index contributed by atoms with van der Waals surface area (Å²) in [7, 11) is 2.17. The minimum absolute atomic E-state index is 0.219. The van der Waals surface area contributed by atoms with Crippen molar-refractivity contribution in [2.75, 3.05) is 39.8 Å². The van der Waals surface area contributed by atoms with E-state index in [1.54, 1.807) is 0 Å². The molecule has 0 aliphatic carbocycles. The third-order valence-electron chi connectivity index (χ3n) is 4.30. The average molecular weight is 253 g/mol. The SMILES string of the molecule is CCC1CN(C)CCCN1C(=O)[C@H]1CCCNC1. The standard InChI is InChI=1S/C14H27N3O/c1-3-13-11-16(2)8-5-9-17(13)14(18)12-6-4-7-15-10-12/h12-13,15H,3-11H2,1-2H3/t12-,13?/m0/s1. The molecule has 2 aliphatic rings. The van der Waals surface area contributed by atoms with Gasteiger partial charge in [-0.2, -0.15) is 0 Å². The Hall–Kier alpha value is -0.610. The van der Waals surface area contributed by atoms with E-state index < -0.39 is 0 Å². The van der Waals surface area contributed by atoms with Crippen LogP contribution < -0.4 is 5.32 Å². The molecule has 4 nitrogen and oxygen atoms in total. The van der Waals surface area contributed by atoms with Crippen molar-refractivity contribution in [3.05, 3.63) is 0 Å². The van der Waals surface area contributed by atoms with E-state index in [1.165, 1.54) is 0 Å². The van der Waals surface area contributed by atoms with Gasteiger partial charge in [-0.25, -0.2) is 0 Å². The number of hydrogen-bond acceptors (Lipinski definition) is 3. The van der Waals surface area contributed by atoms with Crippen molar-refractivity contribution in [1.29, 1.82) is 0 Å². The first kappa shape index (κ1) is 13.8. The third-order valence-corrected chi connectivity index (χ3v) is 4.30. The quantitative estimate of drug-likeness (QED) is 0.795. The fourth-order valence-electron chi connectivity index (χ4n) is 3.18. The fraction of sp³-hybridized carbons (Fsp3) is 0.929. The molecule has 2 aliphatic heterocycles. The van der Waals surface area contributed by atoms with Gasteiger partial charge in [-0.05, 0) is 45.8 Å². The Balaban J connectivity index is 2.01. The van der Waals surface area contributed by atoms with Crippen molar-refractivity contribution in [2.45, 2.75) is 38.6 Å². The summed E-state index contributed by atoms with van der Waals surface area (Å²) in [6.07, 6.45) is 4.38. The van der Waals surface area contributed by atoms with Crippen LogP contribution in [0.25, 0.3) is 0 Å². The Morgan fingerprint density at radius 2 is 2.17 bits per heavy atom. The van der Waals surface area contributed by atoms with Crippen LogP contribution in [0.2, 0.25) is 0 Å². The van der Waals surface area contributed by atoms with Gasteiger partial charge in [-0.1, -0.05) is 6.92 Å². The first-order valence-electron chi connectivity index (χ1n) is 7.42. The molecule has 4 heteroatoms. The fourth-order valence-corrected chi connectivity index (χ4v) is 3.18. The zero-order chi connectivity index (χ0) is 13.0. The predicted octanol–water partition coefficient (Wildman–Crippen LogP) is 0.929. The van der Waals surface area contributed by atoms with Crippen molar-refractivity contribution < 1.29 is 4.79 Å². The number of likely N-dealkylation sites (N-methyl/N-ethyl adjacent to an activating group) is 1. The van der Waals surface area contributed by atoms with E-state index in [0.717, 1.165) is 58.4 Å². The van der Waals surface area contributed by atoms with Gasteiger partial charge in [-0.3, -0.25) is 4.79 Å². The first-order valence-corrected chi connectivity index (χ1v) is 7.42. The van der Waals surface area contributed by atoms with E-state index in [0.29, 0.717) is 11.9 Å². The number of piperidine rings is 1. The Bertz CT molecular complexity index is 276. The van der Waals surface area contributed by atoms with Gasteiger partial charge in [0.15, 0.2) is 0 Å². The number of rotatable bonds is 2. The molecule has 0 aromatic rings. The molecule has 1 N–H and O–H groups in total. The molecule has 2 atom stereocenters. The second-order valence-corrected chi connectivity index (χ2v) is 5.75. The minimum atomic E-state index is 0.219. The van der Waals surface area contributed by atoms with Gasteiger partial charge in [-0.15, -0.1) is 0 Å². The molecular weight excluding hydrogens is 226 g/mol. The van der Waals surface area contributed by atoms with Crippen LogP contribution in [-0.2, 0) is 4.79 Å². The maximum Gasteiger partial charge on any atom is 0.227 e. The number of hydrogen-bond donors (Lipinski definition) is 1. The lowest BCUT2D eigenvalue weighted by molar-refractivity contribution is -0.138. The van der Waals surface area contributed by atoms with Gasteiger partial charge in [0.2, 0.25) is 5.91 Å². The molecule has 2 fully saturated rings. The van der Waals surface area contributed by atoms with Crippen LogP contribution in [0.5, 0.6) is 0 Å². The lowest BCUT2D eigenvalue weighted by Gasteiger charge is -2.34. The summed E-state index contributed by atoms with van der Waals surface area (Å²) in [6.45, 7) is 7.23. The summed E-state index contributed by atoms with van der Waals surface area (Å²) in [5, 5.41) is 3.35. The van der Waals surface area contributed by atoms with E-state index in [9.17, 15) is 4.79 Å². The van der Waals surface area contributed by atoms with E-state index in [1.807, 2.05) is 0 Å². The molecule has 0 saturated carbocycles. The Kier molecular flexibility index (Phi) is 5.01. The van der Waals surface area contributed by atoms with Gasteiger partial charge < -0.3 is 15.1 Å². The van der Waals surface area contributed by atoms with Crippen LogP contribution in [0.3, 0.4) is 0 Å². The molecule has 1 amide bonds. The zero-order valence-corrected chi connectivity index (χ0v) is 11.8. The Labute approximate surface area is 111 Å². The highest BCUT2D eigenvalue weighted by Gasteiger charge is 2.31. The van der Waals surface area contributed by atoms with E-state index in [2.05, 4.69) is 29.1 Å². The third kappa shape index (κ3) is 3.23. The highest BCUT2D eigenvalue weighted by molar-refractivity contribution is 5.79. The minimum Gasteiger partial charge on any atom is -0.338 e. The molecule has 0 spiro atoms. The second-order valence-electron chi connectivity index (χ2n) is 5.75. The topological polar surface area (TPSA) is 35.6 Å². The molecule has 2 rings (SSSR count). The van der Waals surface area contributed by atoms with Gasteiger partial charge in [0, 0.05) is 25.7 Å². The second kappa shape index (κ2) is 6.53. The van der Waals surface area contributed by atoms with Crippen LogP contribution in [-0.4, -0.2) is 61.5 Å². The van der Waals surface area contributed by atoms with Crippen LogP contribution in [0.15, 0.2) is 0 Å². The molecular formula is C14H27N3O. The summed E-state index contributed by atoms with van der Waals surface area (Å²) < 4.78 is 0. The molecule has 18 heavy (non-hydrogen) atoms. The number of amides is 1. The molecule has 104 valence electrons. The number of nitrogens with zero attached hydrogens (tertiary/aromatic N) is 2. The zero-order valence-electron chi connectivity index (χ0n) is 11.8. The first-order chi connectivity index (χ1) is 8.72. The molecule has 0 radical (unpaired) electrons. The Morgan fingerprint density at radius 1 is 1.33 bits per heavy atom. The smallest absolute Gasteiger partial charge is 0.227 e. The monoisotopic (exact) mass is 253 g/mol. The van der Waals surface area contributed by atoms with Crippen molar-refractivity contribution in [3.63, 3.8) is 0 Å². The maximum atomic E-state index is 12.6. The summed E-state index contributed by atoms with van der Waals surface area (Å²) >= 11 is 0. The summed E-state index contributed by atoms with van der Waals surface area (Å²) in [5.41, 5.74) is 0. The maximum absolute atomic E-state index is 12.6. The van der Waals surface area contributed by atoms with Crippen molar-refractivity contribution in [2.24, 2.45) is 5.92 Å². The molecule has 2 heterocycles. The van der Waals surface area contributed by atoms with Crippen LogP contribution in [0.4, 0.5) is 0 Å². The number of carbonyl (C=O) groups is 1. The lowest BCUT2D eigenvalue weighted by Crippen LogP contribution is -2.49.